The van der Waals surface area contributed by atoms with E-state index in [-0.39, 0.29) is 11.5 Å². The SMILES string of the molecule is CCc1cc2nnc(CN3CCN(c4ccc(C(=O)NC)nc4)[C@H]4[C@@H](C)[C@H]43)cc2[nH]c1=O. The lowest BCUT2D eigenvalue weighted by Gasteiger charge is -2.35. The van der Waals surface area contributed by atoms with Crippen LogP contribution in [0.5, 0.6) is 0 Å². The number of carbonyl (C=O) groups excluding carboxylic acids is 1. The zero-order valence-electron chi connectivity index (χ0n) is 18.5. The van der Waals surface area contributed by atoms with Gasteiger partial charge >= 0.3 is 0 Å². The molecular formula is C23H27N7O2. The molecule has 2 fully saturated rings. The van der Waals surface area contributed by atoms with Crippen LogP contribution in [0, 0.1) is 5.92 Å². The Kier molecular flexibility index (Phi) is 5.13. The van der Waals surface area contributed by atoms with E-state index in [1.54, 1.807) is 19.3 Å². The first-order valence-electron chi connectivity index (χ1n) is 11.1. The number of pyridine rings is 2. The first kappa shape index (κ1) is 20.6. The van der Waals surface area contributed by atoms with Crippen molar-refractivity contribution in [1.82, 2.24) is 30.4 Å². The minimum atomic E-state index is -0.178. The highest BCUT2D eigenvalue weighted by atomic mass is 16.1. The smallest absolute Gasteiger partial charge is 0.269 e. The highest BCUT2D eigenvalue weighted by Crippen LogP contribution is 2.45. The number of rotatable bonds is 5. The van der Waals surface area contributed by atoms with Gasteiger partial charge in [0.05, 0.1) is 23.1 Å². The van der Waals surface area contributed by atoms with Crippen molar-refractivity contribution in [3.05, 3.63) is 57.8 Å². The van der Waals surface area contributed by atoms with Crippen LogP contribution in [0.2, 0.25) is 0 Å². The van der Waals surface area contributed by atoms with Crippen molar-refractivity contribution in [2.75, 3.05) is 25.0 Å². The molecule has 0 bridgehead atoms. The van der Waals surface area contributed by atoms with E-state index in [2.05, 4.69) is 42.2 Å². The van der Waals surface area contributed by atoms with E-state index < -0.39 is 0 Å². The van der Waals surface area contributed by atoms with Crippen LogP contribution in [0.15, 0.2) is 35.3 Å². The van der Waals surface area contributed by atoms with E-state index >= 15 is 0 Å². The maximum absolute atomic E-state index is 12.2. The monoisotopic (exact) mass is 433 g/mol. The van der Waals surface area contributed by atoms with Crippen LogP contribution in [0.25, 0.3) is 11.0 Å². The quantitative estimate of drug-likeness (QED) is 0.625. The van der Waals surface area contributed by atoms with Crippen LogP contribution >= 0.6 is 0 Å². The van der Waals surface area contributed by atoms with E-state index in [0.29, 0.717) is 36.7 Å². The fourth-order valence-electron chi connectivity index (χ4n) is 4.91. The van der Waals surface area contributed by atoms with Gasteiger partial charge in [0.1, 0.15) is 11.2 Å². The Morgan fingerprint density at radius 3 is 2.78 bits per heavy atom. The minimum absolute atomic E-state index is 0.0560. The predicted octanol–water partition coefficient (Wildman–Crippen LogP) is 1.34. The number of nitrogens with one attached hydrogen (secondary N) is 2. The summed E-state index contributed by atoms with van der Waals surface area (Å²) < 4.78 is 0. The predicted molar refractivity (Wildman–Crippen MR) is 122 cm³/mol. The van der Waals surface area contributed by atoms with E-state index in [0.717, 1.165) is 41.1 Å². The van der Waals surface area contributed by atoms with Crippen LogP contribution in [0.4, 0.5) is 5.69 Å². The number of hydrogen-bond donors (Lipinski definition) is 2. The normalized spacial score (nSPS) is 22.6. The number of H-pyrrole nitrogens is 1. The van der Waals surface area contributed by atoms with E-state index in [4.69, 9.17) is 0 Å². The van der Waals surface area contributed by atoms with Gasteiger partial charge in [-0.1, -0.05) is 13.8 Å². The van der Waals surface area contributed by atoms with E-state index in [1.165, 1.54) is 0 Å². The van der Waals surface area contributed by atoms with E-state index in [9.17, 15) is 9.59 Å². The van der Waals surface area contributed by atoms with Crippen molar-refractivity contribution in [3.63, 3.8) is 0 Å². The van der Waals surface area contributed by atoms with Gasteiger partial charge in [-0.15, -0.1) is 5.10 Å². The van der Waals surface area contributed by atoms with Crippen molar-refractivity contribution >= 4 is 22.6 Å². The van der Waals surface area contributed by atoms with Gasteiger partial charge in [0, 0.05) is 44.3 Å². The molecule has 2 aliphatic rings. The fourth-order valence-corrected chi connectivity index (χ4v) is 4.91. The van der Waals surface area contributed by atoms with Crippen LogP contribution in [0.3, 0.4) is 0 Å². The Morgan fingerprint density at radius 1 is 1.22 bits per heavy atom. The summed E-state index contributed by atoms with van der Waals surface area (Å²) in [5, 5.41) is 11.4. The lowest BCUT2D eigenvalue weighted by molar-refractivity contribution is 0.0958. The summed E-state index contributed by atoms with van der Waals surface area (Å²) in [5.41, 5.74) is 4.46. The molecule has 1 aliphatic carbocycles. The Balaban J connectivity index is 1.31. The summed E-state index contributed by atoms with van der Waals surface area (Å²) in [6, 6.07) is 8.37. The molecule has 3 aromatic heterocycles. The highest BCUT2D eigenvalue weighted by Gasteiger charge is 2.56. The Bertz CT molecular complexity index is 1220. The summed E-state index contributed by atoms with van der Waals surface area (Å²) in [4.78, 5) is 36.0. The first-order valence-corrected chi connectivity index (χ1v) is 11.1. The molecule has 0 spiro atoms. The Labute approximate surface area is 185 Å². The second-order valence-electron chi connectivity index (χ2n) is 8.60. The molecule has 1 saturated heterocycles. The van der Waals surface area contributed by atoms with Gasteiger partial charge in [0.15, 0.2) is 0 Å². The maximum Gasteiger partial charge on any atom is 0.269 e. The molecule has 2 N–H and O–H groups in total. The average molecular weight is 434 g/mol. The van der Waals surface area contributed by atoms with Crippen molar-refractivity contribution in [2.45, 2.75) is 38.9 Å². The third-order valence-corrected chi connectivity index (χ3v) is 6.71. The number of nitrogens with zero attached hydrogens (tertiary/aromatic N) is 5. The second-order valence-corrected chi connectivity index (χ2v) is 8.60. The molecule has 9 nitrogen and oxygen atoms in total. The molecule has 4 heterocycles. The molecule has 9 heteroatoms. The summed E-state index contributed by atoms with van der Waals surface area (Å²) in [5.74, 6) is 0.347. The molecule has 1 aliphatic heterocycles. The summed E-state index contributed by atoms with van der Waals surface area (Å²) in [6.07, 6.45) is 2.46. The van der Waals surface area contributed by atoms with Crippen LogP contribution in [-0.4, -0.2) is 63.2 Å². The lowest BCUT2D eigenvalue weighted by atomic mass is 10.2. The topological polar surface area (TPSA) is 107 Å². The van der Waals surface area contributed by atoms with Crippen LogP contribution < -0.4 is 15.8 Å². The molecule has 0 aromatic carbocycles. The second kappa shape index (κ2) is 7.98. The summed E-state index contributed by atoms with van der Waals surface area (Å²) in [6.45, 7) is 6.70. The van der Waals surface area contributed by atoms with E-state index in [1.807, 2.05) is 25.1 Å². The van der Waals surface area contributed by atoms with Gasteiger partial charge in [-0.3, -0.25) is 14.5 Å². The molecular weight excluding hydrogens is 406 g/mol. The van der Waals surface area contributed by atoms with Gasteiger partial charge in [0.2, 0.25) is 0 Å². The Morgan fingerprint density at radius 2 is 2.06 bits per heavy atom. The number of aromatic amines is 1. The van der Waals surface area contributed by atoms with Crippen LogP contribution in [0.1, 0.15) is 35.6 Å². The summed E-state index contributed by atoms with van der Waals surface area (Å²) >= 11 is 0. The van der Waals surface area contributed by atoms with Crippen molar-refractivity contribution in [1.29, 1.82) is 0 Å². The molecule has 32 heavy (non-hydrogen) atoms. The molecule has 1 saturated carbocycles. The third kappa shape index (κ3) is 3.52. The number of anilines is 1. The number of fused-ring (bicyclic) bond motifs is 2. The van der Waals surface area contributed by atoms with Gasteiger partial charge in [-0.05, 0) is 36.6 Å². The maximum atomic E-state index is 12.2. The number of piperazine rings is 1. The van der Waals surface area contributed by atoms with Crippen molar-refractivity contribution < 1.29 is 4.79 Å². The zero-order valence-corrected chi connectivity index (χ0v) is 18.5. The third-order valence-electron chi connectivity index (χ3n) is 6.71. The summed E-state index contributed by atoms with van der Waals surface area (Å²) in [7, 11) is 1.60. The number of aromatic nitrogens is 4. The molecule has 0 unspecified atom stereocenters. The standard InChI is InChI=1S/C23H27N7O2/c1-4-14-9-19-18(26-22(14)31)10-15(27-28-19)12-29-7-8-30(21-13(2)20(21)29)16-5-6-17(25-11-16)23(32)24-3/h5-6,9-11,13,20-21H,4,7-8,12H2,1-3H3,(H,24,32)(H,26,31)/t13-,20+,21-/m0/s1. The van der Waals surface area contributed by atoms with Gasteiger partial charge in [0.25, 0.3) is 11.5 Å². The van der Waals surface area contributed by atoms with Gasteiger partial charge in [-0.2, -0.15) is 5.10 Å². The molecule has 0 radical (unpaired) electrons. The van der Waals surface area contributed by atoms with Crippen molar-refractivity contribution in [2.24, 2.45) is 5.92 Å². The molecule has 3 atom stereocenters. The lowest BCUT2D eigenvalue weighted by Crippen LogP contribution is -2.46. The fraction of sp³-hybridized carbons (Fsp3) is 0.435. The minimum Gasteiger partial charge on any atom is -0.364 e. The highest BCUT2D eigenvalue weighted by molar-refractivity contribution is 5.92. The molecule has 1 amide bonds. The average Bonchev–Trinajstić information content (AvgIpc) is 3.50. The first-order chi connectivity index (χ1) is 15.5. The zero-order chi connectivity index (χ0) is 22.4. The van der Waals surface area contributed by atoms with Gasteiger partial charge < -0.3 is 15.2 Å². The van der Waals surface area contributed by atoms with Crippen LogP contribution in [-0.2, 0) is 13.0 Å². The number of hydrogen-bond acceptors (Lipinski definition) is 7. The Hall–Kier alpha value is -3.33. The molecule has 5 rings (SSSR count). The van der Waals surface area contributed by atoms with Gasteiger partial charge in [-0.25, -0.2) is 4.98 Å². The molecule has 3 aromatic rings. The van der Waals surface area contributed by atoms with Crippen molar-refractivity contribution in [3.8, 4) is 0 Å². The number of carbonyl (C=O) groups is 1. The number of amides is 1. The number of aryl methyl sites for hydroxylation is 1. The molecule has 166 valence electrons. The largest absolute Gasteiger partial charge is 0.364 e.